The first kappa shape index (κ1) is 17.4. The third-order valence-electron chi connectivity index (χ3n) is 3.56. The van der Waals surface area contributed by atoms with Gasteiger partial charge >= 0.3 is 0 Å². The van der Waals surface area contributed by atoms with Crippen LogP contribution in [-0.2, 0) is 0 Å². The summed E-state index contributed by atoms with van der Waals surface area (Å²) < 4.78 is 5.22. The van der Waals surface area contributed by atoms with Crippen LogP contribution in [0.2, 0.25) is 0 Å². The summed E-state index contributed by atoms with van der Waals surface area (Å²) in [6.45, 7) is 0. The van der Waals surface area contributed by atoms with Crippen molar-refractivity contribution in [3.8, 4) is 17.0 Å². The number of aromatic nitrogens is 1. The van der Waals surface area contributed by atoms with Crippen LogP contribution in [0.25, 0.3) is 11.3 Å². The van der Waals surface area contributed by atoms with Crippen LogP contribution < -0.4 is 15.8 Å². The van der Waals surface area contributed by atoms with Crippen molar-refractivity contribution in [1.82, 2.24) is 4.98 Å². The number of thiazole rings is 1. The second-order valence-electron chi connectivity index (χ2n) is 5.19. The molecule has 0 atom stereocenters. The lowest BCUT2D eigenvalue weighted by Crippen LogP contribution is -2.12. The topological polar surface area (TPSA) is 120 Å². The van der Waals surface area contributed by atoms with E-state index in [0.717, 1.165) is 11.3 Å². The summed E-state index contributed by atoms with van der Waals surface area (Å²) in [5.74, 6) is 0.132. The molecule has 0 aliphatic heterocycles. The summed E-state index contributed by atoms with van der Waals surface area (Å²) in [6, 6.07) is 12.8. The van der Waals surface area contributed by atoms with Crippen LogP contribution in [0.5, 0.6) is 5.75 Å². The number of hydrogen-bond donors (Lipinski definition) is 2. The number of nitro groups is 1. The van der Waals surface area contributed by atoms with Gasteiger partial charge in [-0.2, -0.15) is 0 Å². The summed E-state index contributed by atoms with van der Waals surface area (Å²) >= 11 is 1.04. The van der Waals surface area contributed by atoms with Crippen LogP contribution in [-0.4, -0.2) is 22.9 Å². The molecule has 3 N–H and O–H groups in total. The number of amides is 1. The van der Waals surface area contributed by atoms with E-state index < -0.39 is 10.8 Å². The van der Waals surface area contributed by atoms with Crippen LogP contribution in [0.15, 0.2) is 48.5 Å². The summed E-state index contributed by atoms with van der Waals surface area (Å²) in [7, 11) is 1.51. The zero-order valence-corrected chi connectivity index (χ0v) is 14.4. The van der Waals surface area contributed by atoms with Gasteiger partial charge in [-0.15, -0.1) is 0 Å². The summed E-state index contributed by atoms with van der Waals surface area (Å²) in [6.07, 6.45) is 0. The number of carbonyl (C=O) groups excluding carboxylic acids is 1. The normalized spacial score (nSPS) is 10.3. The Morgan fingerprint density at radius 2 is 1.92 bits per heavy atom. The number of carbonyl (C=O) groups is 1. The Kier molecular flexibility index (Phi) is 4.81. The minimum Gasteiger partial charge on any atom is -0.495 e. The molecule has 0 bridgehead atoms. The van der Waals surface area contributed by atoms with Crippen molar-refractivity contribution >= 4 is 33.8 Å². The number of nitrogens with two attached hydrogens (primary N) is 1. The molecular weight excluding hydrogens is 356 g/mol. The van der Waals surface area contributed by atoms with Gasteiger partial charge in [-0.05, 0) is 24.3 Å². The molecule has 1 heterocycles. The Balaban J connectivity index is 1.93. The molecule has 0 fully saturated rings. The monoisotopic (exact) mass is 370 g/mol. The highest BCUT2D eigenvalue weighted by atomic mass is 32.1. The fraction of sp³-hybridized carbons (Fsp3) is 0.0588. The molecule has 132 valence electrons. The van der Waals surface area contributed by atoms with Gasteiger partial charge in [-0.1, -0.05) is 23.5 Å². The van der Waals surface area contributed by atoms with Crippen molar-refractivity contribution in [1.29, 1.82) is 0 Å². The second-order valence-corrected chi connectivity index (χ2v) is 6.22. The molecule has 0 saturated carbocycles. The molecule has 0 spiro atoms. The Bertz CT molecular complexity index is 969. The van der Waals surface area contributed by atoms with Crippen LogP contribution in [0.3, 0.4) is 0 Å². The zero-order chi connectivity index (χ0) is 18.7. The van der Waals surface area contributed by atoms with Crippen LogP contribution in [0.1, 0.15) is 9.67 Å². The van der Waals surface area contributed by atoms with Crippen LogP contribution in [0.4, 0.5) is 16.5 Å². The molecule has 0 saturated heterocycles. The van der Waals surface area contributed by atoms with Gasteiger partial charge in [-0.3, -0.25) is 14.9 Å². The predicted molar refractivity (Wildman–Crippen MR) is 99.6 cm³/mol. The van der Waals surface area contributed by atoms with E-state index in [1.807, 2.05) is 0 Å². The van der Waals surface area contributed by atoms with E-state index in [1.165, 1.54) is 31.4 Å². The number of rotatable bonds is 5. The van der Waals surface area contributed by atoms with E-state index in [2.05, 4.69) is 10.3 Å². The van der Waals surface area contributed by atoms with E-state index in [-0.39, 0.29) is 10.8 Å². The van der Waals surface area contributed by atoms with Gasteiger partial charge in [0.25, 0.3) is 11.6 Å². The lowest BCUT2D eigenvalue weighted by Gasteiger charge is -2.09. The number of methoxy groups -OCH3 is 1. The highest BCUT2D eigenvalue weighted by Gasteiger charge is 2.20. The lowest BCUT2D eigenvalue weighted by atomic mass is 10.1. The smallest absolute Gasteiger partial charge is 0.269 e. The van der Waals surface area contributed by atoms with E-state index in [0.29, 0.717) is 27.6 Å². The predicted octanol–water partition coefficient (Wildman–Crippen LogP) is 3.56. The third-order valence-corrected chi connectivity index (χ3v) is 4.44. The summed E-state index contributed by atoms with van der Waals surface area (Å²) in [5, 5.41) is 13.8. The number of non-ortho nitro benzene ring substituents is 1. The number of hydrogen-bond acceptors (Lipinski definition) is 7. The summed E-state index contributed by atoms with van der Waals surface area (Å²) in [4.78, 5) is 27.5. The van der Waals surface area contributed by atoms with Gasteiger partial charge in [-0.25, -0.2) is 4.98 Å². The molecule has 3 rings (SSSR count). The number of nitrogens with zero attached hydrogens (tertiary/aromatic N) is 2. The van der Waals surface area contributed by atoms with Crippen molar-refractivity contribution in [2.45, 2.75) is 0 Å². The van der Waals surface area contributed by atoms with Crippen molar-refractivity contribution < 1.29 is 14.5 Å². The molecule has 1 aromatic heterocycles. The standard InChI is InChI=1S/C17H14N4O4S/c1-25-13-5-3-2-4-12(13)19-16(22)15-14(20-17(18)26-15)10-6-8-11(9-7-10)21(23)24/h2-9H,1H3,(H2,18,20)(H,19,22). The molecule has 0 unspecified atom stereocenters. The first-order chi connectivity index (χ1) is 12.5. The number of nitro benzene ring substituents is 1. The Labute approximate surface area is 152 Å². The number of nitrogens with one attached hydrogen (secondary N) is 1. The van der Waals surface area contributed by atoms with Crippen molar-refractivity contribution in [3.05, 3.63) is 63.5 Å². The van der Waals surface area contributed by atoms with Gasteiger partial charge in [0.1, 0.15) is 10.6 Å². The Morgan fingerprint density at radius 3 is 2.58 bits per heavy atom. The van der Waals surface area contributed by atoms with E-state index in [9.17, 15) is 14.9 Å². The average Bonchev–Trinajstić information content (AvgIpc) is 3.04. The quantitative estimate of drug-likeness (QED) is 0.523. The number of ether oxygens (including phenoxy) is 1. The largest absolute Gasteiger partial charge is 0.495 e. The molecule has 2 aromatic carbocycles. The molecule has 9 heteroatoms. The molecule has 1 amide bonds. The first-order valence-electron chi connectivity index (χ1n) is 7.45. The van der Waals surface area contributed by atoms with Crippen LogP contribution >= 0.6 is 11.3 Å². The molecular formula is C17H14N4O4S. The molecule has 0 aliphatic carbocycles. The highest BCUT2D eigenvalue weighted by Crippen LogP contribution is 2.32. The van der Waals surface area contributed by atoms with E-state index in [4.69, 9.17) is 10.5 Å². The molecule has 3 aromatic rings. The van der Waals surface area contributed by atoms with Gasteiger partial charge in [0.15, 0.2) is 5.13 Å². The fourth-order valence-electron chi connectivity index (χ4n) is 2.35. The highest BCUT2D eigenvalue weighted by molar-refractivity contribution is 7.17. The average molecular weight is 370 g/mol. The number of anilines is 2. The van der Waals surface area contributed by atoms with Gasteiger partial charge in [0.05, 0.1) is 23.4 Å². The van der Waals surface area contributed by atoms with E-state index in [1.54, 1.807) is 24.3 Å². The van der Waals surface area contributed by atoms with Crippen molar-refractivity contribution in [2.24, 2.45) is 0 Å². The number of nitrogen functional groups attached to an aromatic ring is 1. The zero-order valence-electron chi connectivity index (χ0n) is 13.6. The minimum atomic E-state index is -0.492. The maximum Gasteiger partial charge on any atom is 0.269 e. The minimum absolute atomic E-state index is 0.0445. The first-order valence-corrected chi connectivity index (χ1v) is 8.26. The molecule has 0 radical (unpaired) electrons. The number of benzene rings is 2. The molecule has 8 nitrogen and oxygen atoms in total. The van der Waals surface area contributed by atoms with Crippen molar-refractivity contribution in [2.75, 3.05) is 18.2 Å². The SMILES string of the molecule is COc1ccccc1NC(=O)c1sc(N)nc1-c1ccc([N+](=O)[O-])cc1. The van der Waals surface area contributed by atoms with Gasteiger partial charge in [0.2, 0.25) is 0 Å². The molecule has 0 aliphatic rings. The number of para-hydroxylation sites is 2. The second kappa shape index (κ2) is 7.19. The summed E-state index contributed by atoms with van der Waals surface area (Å²) in [5.41, 5.74) is 7.18. The Morgan fingerprint density at radius 1 is 1.23 bits per heavy atom. The molecule has 26 heavy (non-hydrogen) atoms. The van der Waals surface area contributed by atoms with Gasteiger partial charge < -0.3 is 15.8 Å². The van der Waals surface area contributed by atoms with Crippen molar-refractivity contribution in [3.63, 3.8) is 0 Å². The third kappa shape index (κ3) is 3.47. The van der Waals surface area contributed by atoms with E-state index >= 15 is 0 Å². The Hall–Kier alpha value is -3.46. The fourth-order valence-corrected chi connectivity index (χ4v) is 3.10. The maximum atomic E-state index is 12.7. The lowest BCUT2D eigenvalue weighted by molar-refractivity contribution is -0.384. The van der Waals surface area contributed by atoms with Crippen LogP contribution in [0, 0.1) is 10.1 Å². The maximum absolute atomic E-state index is 12.7. The van der Waals surface area contributed by atoms with Gasteiger partial charge in [0, 0.05) is 17.7 Å².